The van der Waals surface area contributed by atoms with Crippen molar-refractivity contribution in [1.29, 1.82) is 0 Å². The highest BCUT2D eigenvalue weighted by Crippen LogP contribution is 1.87. The number of amides is 2. The van der Waals surface area contributed by atoms with Gasteiger partial charge in [0.05, 0.1) is 33.0 Å². The van der Waals surface area contributed by atoms with Crippen molar-refractivity contribution in [2.75, 3.05) is 106 Å². The Balaban J connectivity index is 3.26. The van der Waals surface area contributed by atoms with E-state index in [9.17, 15) is 14.4 Å². The molecule has 2 amide bonds. The first-order valence-electron chi connectivity index (χ1n) is 11.7. The second-order valence-corrected chi connectivity index (χ2v) is 7.21. The van der Waals surface area contributed by atoms with Crippen LogP contribution in [0.4, 0.5) is 0 Å². The van der Waals surface area contributed by atoms with Crippen molar-refractivity contribution in [3.8, 4) is 0 Å². The summed E-state index contributed by atoms with van der Waals surface area (Å²) in [5, 5.41) is 8.37. The Morgan fingerprint density at radius 1 is 0.529 bits per heavy atom. The number of ether oxygens (including phenoxy) is 6. The Morgan fingerprint density at radius 3 is 1.47 bits per heavy atom. The van der Waals surface area contributed by atoms with Gasteiger partial charge < -0.3 is 44.4 Å². The third kappa shape index (κ3) is 26.6. The SMILES string of the molecule is CNCCOCCOCC(=O)NCCOCCCOCC(=O)NCCOCCCOCC(C)=O. The zero-order valence-corrected chi connectivity index (χ0v) is 20.7. The van der Waals surface area contributed by atoms with Crippen LogP contribution in [0.15, 0.2) is 0 Å². The molecule has 12 nitrogen and oxygen atoms in total. The number of hydrogen-bond donors (Lipinski definition) is 3. The number of rotatable bonds is 26. The van der Waals surface area contributed by atoms with Gasteiger partial charge in [-0.15, -0.1) is 0 Å². The second kappa shape index (κ2) is 25.9. The van der Waals surface area contributed by atoms with Gasteiger partial charge in [0.25, 0.3) is 0 Å². The van der Waals surface area contributed by atoms with Gasteiger partial charge in [-0.05, 0) is 26.8 Å². The Morgan fingerprint density at radius 2 is 0.941 bits per heavy atom. The highest BCUT2D eigenvalue weighted by Gasteiger charge is 2.02. The molecule has 0 saturated carbocycles. The Kier molecular flexibility index (Phi) is 24.7. The van der Waals surface area contributed by atoms with E-state index in [1.54, 1.807) is 0 Å². The van der Waals surface area contributed by atoms with Crippen LogP contribution in [-0.2, 0) is 42.8 Å². The van der Waals surface area contributed by atoms with Gasteiger partial charge in [-0.25, -0.2) is 0 Å². The molecule has 0 spiro atoms. The summed E-state index contributed by atoms with van der Waals surface area (Å²) >= 11 is 0. The molecule has 0 radical (unpaired) electrons. The van der Waals surface area contributed by atoms with Crippen LogP contribution in [0.1, 0.15) is 19.8 Å². The number of Topliss-reactive ketones (excluding diaryl/α,β-unsaturated/α-hetero) is 1. The van der Waals surface area contributed by atoms with E-state index < -0.39 is 0 Å². The molecule has 0 unspecified atom stereocenters. The molecule has 200 valence electrons. The molecule has 0 aromatic carbocycles. The third-order valence-corrected chi connectivity index (χ3v) is 3.93. The molecule has 0 atom stereocenters. The van der Waals surface area contributed by atoms with Gasteiger partial charge in [-0.3, -0.25) is 14.4 Å². The van der Waals surface area contributed by atoms with Gasteiger partial charge in [0.2, 0.25) is 11.8 Å². The third-order valence-electron chi connectivity index (χ3n) is 3.93. The molecule has 0 bridgehead atoms. The first-order chi connectivity index (χ1) is 16.6. The highest BCUT2D eigenvalue weighted by atomic mass is 16.5. The minimum absolute atomic E-state index is 0.000564. The minimum atomic E-state index is -0.205. The fourth-order valence-electron chi connectivity index (χ4n) is 2.30. The molecule has 0 aliphatic rings. The number of carbonyl (C=O) groups is 3. The van der Waals surface area contributed by atoms with Crippen LogP contribution in [0.5, 0.6) is 0 Å². The number of carbonyl (C=O) groups excluding carboxylic acids is 3. The van der Waals surface area contributed by atoms with Gasteiger partial charge in [0.1, 0.15) is 19.8 Å². The van der Waals surface area contributed by atoms with Crippen LogP contribution >= 0.6 is 0 Å². The van der Waals surface area contributed by atoms with Crippen LogP contribution in [0.3, 0.4) is 0 Å². The van der Waals surface area contributed by atoms with E-state index >= 15 is 0 Å². The standard InChI is InChI=1S/C22H43N3O9/c1-20(26)17-32-10-3-8-29-13-6-24-21(27)18-33-11-4-9-30-14-7-25-22(28)19-34-16-15-31-12-5-23-2/h23H,3-19H2,1-2H3,(H,24,27)(H,25,28). The van der Waals surface area contributed by atoms with Crippen molar-refractivity contribution in [3.63, 3.8) is 0 Å². The summed E-state index contributed by atoms with van der Waals surface area (Å²) in [6, 6.07) is 0. The molecule has 0 saturated heterocycles. The van der Waals surface area contributed by atoms with Crippen molar-refractivity contribution in [3.05, 3.63) is 0 Å². The number of ketones is 1. The quantitative estimate of drug-likeness (QED) is 0.127. The van der Waals surface area contributed by atoms with Crippen LogP contribution in [0, 0.1) is 0 Å². The molecular weight excluding hydrogens is 450 g/mol. The van der Waals surface area contributed by atoms with Gasteiger partial charge in [0, 0.05) is 46.1 Å². The van der Waals surface area contributed by atoms with Gasteiger partial charge >= 0.3 is 0 Å². The predicted octanol–water partition coefficient (Wildman–Crippen LogP) is -1.09. The van der Waals surface area contributed by atoms with Crippen LogP contribution in [0.2, 0.25) is 0 Å². The Hall–Kier alpha value is -1.67. The summed E-state index contributed by atoms with van der Waals surface area (Å²) in [7, 11) is 1.85. The van der Waals surface area contributed by atoms with Crippen molar-refractivity contribution < 1.29 is 42.8 Å². The summed E-state index contributed by atoms with van der Waals surface area (Å²) in [5.74, 6) is -0.402. The van der Waals surface area contributed by atoms with Crippen molar-refractivity contribution in [2.24, 2.45) is 0 Å². The molecule has 0 rings (SSSR count). The zero-order valence-electron chi connectivity index (χ0n) is 20.7. The monoisotopic (exact) mass is 493 g/mol. The van der Waals surface area contributed by atoms with Crippen molar-refractivity contribution in [2.45, 2.75) is 19.8 Å². The highest BCUT2D eigenvalue weighted by molar-refractivity contribution is 5.77. The van der Waals surface area contributed by atoms with Crippen molar-refractivity contribution in [1.82, 2.24) is 16.0 Å². The topological polar surface area (TPSA) is 143 Å². The summed E-state index contributed by atoms with van der Waals surface area (Å²) in [4.78, 5) is 33.9. The molecule has 12 heteroatoms. The molecular formula is C22H43N3O9. The lowest BCUT2D eigenvalue weighted by Gasteiger charge is -2.09. The smallest absolute Gasteiger partial charge is 0.246 e. The maximum absolute atomic E-state index is 11.6. The zero-order chi connectivity index (χ0) is 25.1. The van der Waals surface area contributed by atoms with Crippen LogP contribution < -0.4 is 16.0 Å². The lowest BCUT2D eigenvalue weighted by Crippen LogP contribution is -2.31. The lowest BCUT2D eigenvalue weighted by atomic mass is 10.4. The average Bonchev–Trinajstić information content (AvgIpc) is 2.81. The molecule has 34 heavy (non-hydrogen) atoms. The summed E-state index contributed by atoms with van der Waals surface area (Å²) < 4.78 is 31.7. The summed E-state index contributed by atoms with van der Waals surface area (Å²) in [6.45, 7) is 7.26. The van der Waals surface area contributed by atoms with E-state index in [4.69, 9.17) is 28.4 Å². The Labute approximate surface area is 202 Å². The van der Waals surface area contributed by atoms with Gasteiger partial charge in [-0.2, -0.15) is 0 Å². The van der Waals surface area contributed by atoms with Crippen molar-refractivity contribution >= 4 is 17.6 Å². The Bertz CT molecular complexity index is 510. The van der Waals surface area contributed by atoms with Gasteiger partial charge in [-0.1, -0.05) is 0 Å². The molecule has 0 fully saturated rings. The lowest BCUT2D eigenvalue weighted by molar-refractivity contribution is -0.126. The summed E-state index contributed by atoms with van der Waals surface area (Å²) in [5.41, 5.74) is 0. The number of nitrogens with one attached hydrogen (secondary N) is 3. The first kappa shape index (κ1) is 32.3. The number of hydrogen-bond acceptors (Lipinski definition) is 10. The van der Waals surface area contributed by atoms with E-state index in [0.29, 0.717) is 85.4 Å². The predicted molar refractivity (Wildman–Crippen MR) is 125 cm³/mol. The van der Waals surface area contributed by atoms with Gasteiger partial charge in [0.15, 0.2) is 5.78 Å². The number of likely N-dealkylation sites (N-methyl/N-ethyl adjacent to an activating group) is 1. The average molecular weight is 494 g/mol. The molecule has 3 N–H and O–H groups in total. The van der Waals surface area contributed by atoms with E-state index in [-0.39, 0.29) is 37.4 Å². The molecule has 0 aliphatic carbocycles. The van der Waals surface area contributed by atoms with Crippen LogP contribution in [-0.4, -0.2) is 124 Å². The molecule has 0 aliphatic heterocycles. The maximum atomic E-state index is 11.6. The van der Waals surface area contributed by atoms with E-state index in [1.165, 1.54) is 6.92 Å². The maximum Gasteiger partial charge on any atom is 0.246 e. The van der Waals surface area contributed by atoms with Crippen LogP contribution in [0.25, 0.3) is 0 Å². The molecule has 0 aromatic heterocycles. The fourth-order valence-corrected chi connectivity index (χ4v) is 2.30. The van der Waals surface area contributed by atoms with E-state index in [2.05, 4.69) is 16.0 Å². The van der Waals surface area contributed by atoms with E-state index in [1.807, 2.05) is 7.05 Å². The second-order valence-electron chi connectivity index (χ2n) is 7.21. The largest absolute Gasteiger partial charge is 0.380 e. The molecule has 0 heterocycles. The first-order valence-corrected chi connectivity index (χ1v) is 11.7. The fraction of sp³-hybridized carbons (Fsp3) is 0.864. The normalized spacial score (nSPS) is 10.9. The minimum Gasteiger partial charge on any atom is -0.380 e. The summed E-state index contributed by atoms with van der Waals surface area (Å²) in [6.07, 6.45) is 1.34. The van der Waals surface area contributed by atoms with E-state index in [0.717, 1.165) is 6.54 Å². The molecule has 0 aromatic rings.